The number of hydrogen-bond donors (Lipinski definition) is 1. The zero-order chi connectivity index (χ0) is 25.6. The highest BCUT2D eigenvalue weighted by Crippen LogP contribution is 2.35. The topological polar surface area (TPSA) is 86.8 Å². The molecular formula is C22H25BrCl3N3O4S. The molecule has 0 bridgehead atoms. The molecule has 0 aliphatic heterocycles. The Labute approximate surface area is 223 Å². The maximum atomic E-state index is 13.5. The SMILES string of the molecule is CCCNC(=O)[C@H](C)N(Cc1ccc(Br)cc1)C(=O)CN(c1cc(Cl)c(Cl)cc1Cl)S(C)(=O)=O. The van der Waals surface area contributed by atoms with E-state index in [0.717, 1.165) is 27.0 Å². The third-order valence-electron chi connectivity index (χ3n) is 4.92. The van der Waals surface area contributed by atoms with Crippen LogP contribution in [0.1, 0.15) is 25.8 Å². The summed E-state index contributed by atoms with van der Waals surface area (Å²) in [5, 5.41) is 3.02. The first-order valence-corrected chi connectivity index (χ1v) is 14.1. The van der Waals surface area contributed by atoms with E-state index in [0.29, 0.717) is 6.54 Å². The van der Waals surface area contributed by atoms with Crippen LogP contribution in [0.4, 0.5) is 5.69 Å². The molecule has 12 heteroatoms. The Morgan fingerprint density at radius 1 is 1.06 bits per heavy atom. The van der Waals surface area contributed by atoms with Crippen molar-refractivity contribution in [2.45, 2.75) is 32.9 Å². The number of hydrogen-bond acceptors (Lipinski definition) is 4. The van der Waals surface area contributed by atoms with E-state index < -0.39 is 28.5 Å². The number of amides is 2. The number of sulfonamides is 1. The fourth-order valence-electron chi connectivity index (χ4n) is 3.06. The molecule has 2 rings (SSSR count). The van der Waals surface area contributed by atoms with Crippen LogP contribution in [-0.4, -0.2) is 50.5 Å². The van der Waals surface area contributed by atoms with Crippen molar-refractivity contribution in [2.75, 3.05) is 23.7 Å². The Bertz CT molecular complexity index is 1150. The summed E-state index contributed by atoms with van der Waals surface area (Å²) in [6.07, 6.45) is 1.69. The molecule has 0 aromatic heterocycles. The lowest BCUT2D eigenvalue weighted by molar-refractivity contribution is -0.139. The Morgan fingerprint density at radius 2 is 1.65 bits per heavy atom. The molecular weight excluding hydrogens is 589 g/mol. The zero-order valence-corrected chi connectivity index (χ0v) is 23.5. The van der Waals surface area contributed by atoms with Crippen molar-refractivity contribution in [1.29, 1.82) is 0 Å². The summed E-state index contributed by atoms with van der Waals surface area (Å²) in [6, 6.07) is 9.00. The fraction of sp³-hybridized carbons (Fsp3) is 0.364. The van der Waals surface area contributed by atoms with Crippen LogP contribution in [0, 0.1) is 0 Å². The largest absolute Gasteiger partial charge is 0.354 e. The fourth-order valence-corrected chi connectivity index (χ4v) is 4.87. The van der Waals surface area contributed by atoms with Gasteiger partial charge < -0.3 is 10.2 Å². The van der Waals surface area contributed by atoms with Crippen molar-refractivity contribution < 1.29 is 18.0 Å². The van der Waals surface area contributed by atoms with Crippen molar-refractivity contribution in [3.05, 3.63) is 61.5 Å². The highest BCUT2D eigenvalue weighted by molar-refractivity contribution is 9.10. The van der Waals surface area contributed by atoms with Gasteiger partial charge in [-0.3, -0.25) is 13.9 Å². The molecule has 7 nitrogen and oxygen atoms in total. The highest BCUT2D eigenvalue weighted by atomic mass is 79.9. The smallest absolute Gasteiger partial charge is 0.244 e. The van der Waals surface area contributed by atoms with Crippen molar-refractivity contribution in [1.82, 2.24) is 10.2 Å². The van der Waals surface area contributed by atoms with Gasteiger partial charge in [-0.15, -0.1) is 0 Å². The number of anilines is 1. The van der Waals surface area contributed by atoms with Gasteiger partial charge in [-0.25, -0.2) is 8.42 Å². The second kappa shape index (κ2) is 12.4. The van der Waals surface area contributed by atoms with Crippen LogP contribution in [0.2, 0.25) is 15.1 Å². The monoisotopic (exact) mass is 611 g/mol. The van der Waals surface area contributed by atoms with E-state index in [2.05, 4.69) is 21.2 Å². The summed E-state index contributed by atoms with van der Waals surface area (Å²) in [7, 11) is -3.94. The van der Waals surface area contributed by atoms with Crippen LogP contribution in [0.3, 0.4) is 0 Å². The second-order valence-corrected chi connectivity index (χ2v) is 11.6. The van der Waals surface area contributed by atoms with Crippen molar-refractivity contribution in [3.63, 3.8) is 0 Å². The van der Waals surface area contributed by atoms with Gasteiger partial charge in [-0.05, 0) is 43.2 Å². The summed E-state index contributed by atoms with van der Waals surface area (Å²) in [5.74, 6) is -0.930. The summed E-state index contributed by atoms with van der Waals surface area (Å²) >= 11 is 21.7. The summed E-state index contributed by atoms with van der Waals surface area (Å²) in [4.78, 5) is 27.5. The van der Waals surface area contributed by atoms with Gasteiger partial charge in [-0.1, -0.05) is 69.8 Å². The molecule has 0 aliphatic carbocycles. The van der Waals surface area contributed by atoms with Crippen LogP contribution in [0.15, 0.2) is 40.9 Å². The third kappa shape index (κ3) is 7.75. The molecule has 186 valence electrons. The van der Waals surface area contributed by atoms with Crippen LogP contribution in [0.5, 0.6) is 0 Å². The molecule has 2 aromatic carbocycles. The highest BCUT2D eigenvalue weighted by Gasteiger charge is 2.31. The van der Waals surface area contributed by atoms with Crippen molar-refractivity contribution >= 4 is 78.3 Å². The number of nitrogens with zero attached hydrogens (tertiary/aromatic N) is 2. The van der Waals surface area contributed by atoms with Gasteiger partial charge >= 0.3 is 0 Å². The standard InChI is InChI=1S/C22H25BrCl3N3O4S/c1-4-9-27-22(31)14(2)28(12-15-5-7-16(23)8-6-15)21(30)13-29(34(3,32)33)20-11-18(25)17(24)10-19(20)26/h5-8,10-11,14H,4,9,12-13H2,1-3H3,(H,27,31)/t14-/m0/s1. The van der Waals surface area contributed by atoms with Gasteiger partial charge in [0.1, 0.15) is 12.6 Å². The number of carbonyl (C=O) groups excluding carboxylic acids is 2. The molecule has 0 heterocycles. The van der Waals surface area contributed by atoms with Gasteiger partial charge in [0.25, 0.3) is 0 Å². The summed E-state index contributed by atoms with van der Waals surface area (Å²) in [6.45, 7) is 3.48. The molecule has 1 N–H and O–H groups in total. The van der Waals surface area contributed by atoms with E-state index in [9.17, 15) is 18.0 Å². The molecule has 2 amide bonds. The first-order valence-electron chi connectivity index (χ1n) is 10.3. The van der Waals surface area contributed by atoms with E-state index >= 15 is 0 Å². The molecule has 0 saturated carbocycles. The maximum absolute atomic E-state index is 13.5. The second-order valence-electron chi connectivity index (χ2n) is 7.60. The third-order valence-corrected chi connectivity index (χ3v) is 7.60. The van der Waals surface area contributed by atoms with Gasteiger partial charge in [0.2, 0.25) is 21.8 Å². The van der Waals surface area contributed by atoms with E-state index in [4.69, 9.17) is 34.8 Å². The average molecular weight is 614 g/mol. The molecule has 2 aromatic rings. The maximum Gasteiger partial charge on any atom is 0.244 e. The minimum atomic E-state index is -3.94. The van der Waals surface area contributed by atoms with E-state index in [1.54, 1.807) is 6.92 Å². The molecule has 0 radical (unpaired) electrons. The van der Waals surface area contributed by atoms with Crippen molar-refractivity contribution in [3.8, 4) is 0 Å². The lowest BCUT2D eigenvalue weighted by atomic mass is 10.1. The minimum Gasteiger partial charge on any atom is -0.354 e. The van der Waals surface area contributed by atoms with E-state index in [1.807, 2.05) is 31.2 Å². The van der Waals surface area contributed by atoms with E-state index in [1.165, 1.54) is 17.0 Å². The van der Waals surface area contributed by atoms with Crippen LogP contribution in [-0.2, 0) is 26.2 Å². The van der Waals surface area contributed by atoms with Gasteiger partial charge in [0, 0.05) is 17.6 Å². The first kappa shape index (κ1) is 28.7. The molecule has 0 fully saturated rings. The predicted molar refractivity (Wildman–Crippen MR) is 141 cm³/mol. The Morgan fingerprint density at radius 3 is 2.21 bits per heavy atom. The average Bonchev–Trinajstić information content (AvgIpc) is 2.76. The van der Waals surface area contributed by atoms with Gasteiger partial charge in [-0.2, -0.15) is 0 Å². The van der Waals surface area contributed by atoms with E-state index in [-0.39, 0.29) is 33.2 Å². The molecule has 0 spiro atoms. The van der Waals surface area contributed by atoms with Crippen LogP contribution in [0.25, 0.3) is 0 Å². The predicted octanol–water partition coefficient (Wildman–Crippen LogP) is 5.12. The molecule has 34 heavy (non-hydrogen) atoms. The molecule has 0 aliphatic rings. The van der Waals surface area contributed by atoms with Crippen LogP contribution < -0.4 is 9.62 Å². The Balaban J connectivity index is 2.43. The lowest BCUT2D eigenvalue weighted by Gasteiger charge is -2.31. The summed E-state index contributed by atoms with van der Waals surface area (Å²) < 4.78 is 26.9. The Kier molecular flexibility index (Phi) is 10.5. The zero-order valence-electron chi connectivity index (χ0n) is 18.8. The minimum absolute atomic E-state index is 0.0126. The molecule has 1 atom stereocenters. The van der Waals surface area contributed by atoms with Gasteiger partial charge in [0.15, 0.2) is 0 Å². The number of nitrogens with one attached hydrogen (secondary N) is 1. The Hall–Kier alpha value is -1.52. The molecule has 0 unspecified atom stereocenters. The number of benzene rings is 2. The van der Waals surface area contributed by atoms with Crippen LogP contribution >= 0.6 is 50.7 Å². The number of rotatable bonds is 10. The van der Waals surface area contributed by atoms with Gasteiger partial charge in [0.05, 0.1) is 27.0 Å². The quantitative estimate of drug-likeness (QED) is 0.377. The summed E-state index contributed by atoms with van der Waals surface area (Å²) in [5.41, 5.74) is 0.781. The molecule has 0 saturated heterocycles. The first-order chi connectivity index (χ1) is 15.8. The van der Waals surface area contributed by atoms with Crippen molar-refractivity contribution in [2.24, 2.45) is 0 Å². The normalized spacial score (nSPS) is 12.2. The number of halogens is 4. The lowest BCUT2D eigenvalue weighted by Crippen LogP contribution is -2.51. The number of carbonyl (C=O) groups is 2.